The van der Waals surface area contributed by atoms with Crippen molar-refractivity contribution in [3.8, 4) is 5.75 Å². The zero-order chi connectivity index (χ0) is 14.9. The molecule has 0 amide bonds. The molecule has 0 spiro atoms. The Morgan fingerprint density at radius 2 is 1.62 bits per heavy atom. The number of hydrogen-bond acceptors (Lipinski definition) is 3. The number of aliphatic hydroxyl groups excluding tert-OH is 1. The Hall–Kier alpha value is -1.84. The van der Waals surface area contributed by atoms with Crippen LogP contribution in [0.3, 0.4) is 0 Å². The predicted octanol–water partition coefficient (Wildman–Crippen LogP) is 2.95. The maximum atomic E-state index is 9.27. The Balaban J connectivity index is 1.90. The van der Waals surface area contributed by atoms with Crippen LogP contribution in [0.5, 0.6) is 5.75 Å². The zero-order valence-corrected chi connectivity index (χ0v) is 12.5. The van der Waals surface area contributed by atoms with Crippen molar-refractivity contribution in [1.82, 2.24) is 4.90 Å². The molecule has 0 aromatic heterocycles. The first kappa shape index (κ1) is 15.5. The van der Waals surface area contributed by atoms with Gasteiger partial charge in [0, 0.05) is 19.1 Å². The first-order valence-corrected chi connectivity index (χ1v) is 7.36. The highest BCUT2D eigenvalue weighted by Gasteiger charge is 2.14. The molecule has 0 saturated heterocycles. The van der Waals surface area contributed by atoms with Gasteiger partial charge in [0.2, 0.25) is 0 Å². The van der Waals surface area contributed by atoms with E-state index in [4.69, 9.17) is 4.74 Å². The molecular formula is C18H23NO2. The van der Waals surface area contributed by atoms with E-state index >= 15 is 0 Å². The summed E-state index contributed by atoms with van der Waals surface area (Å²) in [7, 11) is 0. The van der Waals surface area contributed by atoms with E-state index in [9.17, 15) is 5.11 Å². The van der Waals surface area contributed by atoms with Gasteiger partial charge in [-0.15, -0.1) is 0 Å². The van der Waals surface area contributed by atoms with Crippen LogP contribution in [0.15, 0.2) is 60.7 Å². The first-order valence-electron chi connectivity index (χ1n) is 7.36. The monoisotopic (exact) mass is 285 g/mol. The lowest BCUT2D eigenvalue weighted by molar-refractivity contribution is 0.114. The third-order valence-electron chi connectivity index (χ3n) is 3.47. The molecule has 0 aliphatic carbocycles. The molecule has 0 aliphatic heterocycles. The van der Waals surface area contributed by atoms with Gasteiger partial charge in [-0.05, 0) is 24.6 Å². The minimum atomic E-state index is 0.155. The van der Waals surface area contributed by atoms with E-state index in [1.165, 1.54) is 5.56 Å². The summed E-state index contributed by atoms with van der Waals surface area (Å²) in [5.74, 6) is 0.882. The third-order valence-corrected chi connectivity index (χ3v) is 3.47. The van der Waals surface area contributed by atoms with Crippen molar-refractivity contribution in [2.24, 2.45) is 0 Å². The third kappa shape index (κ3) is 5.21. The molecule has 0 bridgehead atoms. The van der Waals surface area contributed by atoms with Crippen molar-refractivity contribution in [3.05, 3.63) is 66.2 Å². The van der Waals surface area contributed by atoms with Crippen LogP contribution in [0.2, 0.25) is 0 Å². The van der Waals surface area contributed by atoms with E-state index in [2.05, 4.69) is 24.0 Å². The molecule has 0 fully saturated rings. The topological polar surface area (TPSA) is 32.7 Å². The lowest BCUT2D eigenvalue weighted by Gasteiger charge is -2.28. The SMILES string of the molecule is CC(COc1ccccc1)N(CCO)Cc1ccccc1. The molecule has 0 radical (unpaired) electrons. The van der Waals surface area contributed by atoms with Gasteiger partial charge in [-0.2, -0.15) is 0 Å². The lowest BCUT2D eigenvalue weighted by Crippen LogP contribution is -2.38. The fourth-order valence-electron chi connectivity index (χ4n) is 2.24. The number of ether oxygens (including phenoxy) is 1. The molecule has 21 heavy (non-hydrogen) atoms. The first-order chi connectivity index (χ1) is 10.3. The van der Waals surface area contributed by atoms with Crippen molar-refractivity contribution in [1.29, 1.82) is 0 Å². The minimum Gasteiger partial charge on any atom is -0.492 e. The van der Waals surface area contributed by atoms with Gasteiger partial charge in [0.1, 0.15) is 12.4 Å². The molecule has 1 unspecified atom stereocenters. The molecule has 0 saturated carbocycles. The van der Waals surface area contributed by atoms with Crippen LogP contribution in [-0.4, -0.2) is 35.8 Å². The van der Waals surface area contributed by atoms with Gasteiger partial charge >= 0.3 is 0 Å². The molecule has 1 N–H and O–H groups in total. The van der Waals surface area contributed by atoms with Crippen LogP contribution >= 0.6 is 0 Å². The number of nitrogens with zero attached hydrogens (tertiary/aromatic N) is 1. The fraction of sp³-hybridized carbons (Fsp3) is 0.333. The number of aliphatic hydroxyl groups is 1. The second-order valence-corrected chi connectivity index (χ2v) is 5.15. The van der Waals surface area contributed by atoms with E-state index in [-0.39, 0.29) is 12.6 Å². The van der Waals surface area contributed by atoms with Crippen LogP contribution in [0, 0.1) is 0 Å². The Morgan fingerprint density at radius 1 is 1.00 bits per heavy atom. The zero-order valence-electron chi connectivity index (χ0n) is 12.5. The van der Waals surface area contributed by atoms with E-state index in [1.807, 2.05) is 48.5 Å². The Labute approximate surface area is 126 Å². The summed E-state index contributed by atoms with van der Waals surface area (Å²) in [5.41, 5.74) is 1.25. The van der Waals surface area contributed by atoms with E-state index in [0.29, 0.717) is 13.2 Å². The number of rotatable bonds is 8. The number of para-hydroxylation sites is 1. The summed E-state index contributed by atoms with van der Waals surface area (Å²) < 4.78 is 5.81. The van der Waals surface area contributed by atoms with Crippen LogP contribution in [-0.2, 0) is 6.54 Å². The number of hydrogen-bond donors (Lipinski definition) is 1. The van der Waals surface area contributed by atoms with Crippen LogP contribution < -0.4 is 4.74 Å². The summed E-state index contributed by atoms with van der Waals surface area (Å²) in [5, 5.41) is 9.27. The second-order valence-electron chi connectivity index (χ2n) is 5.15. The quantitative estimate of drug-likeness (QED) is 0.809. The van der Waals surface area contributed by atoms with Crippen molar-refractivity contribution in [2.45, 2.75) is 19.5 Å². The Kier molecular flexibility index (Phi) is 6.25. The molecule has 2 aromatic carbocycles. The highest BCUT2D eigenvalue weighted by Crippen LogP contribution is 2.12. The van der Waals surface area contributed by atoms with Gasteiger partial charge in [0.05, 0.1) is 6.61 Å². The standard InChI is InChI=1S/C18H23NO2/c1-16(15-21-18-10-6-3-7-11-18)19(12-13-20)14-17-8-4-2-5-9-17/h2-11,16,20H,12-15H2,1H3. The van der Waals surface area contributed by atoms with Gasteiger partial charge in [-0.3, -0.25) is 4.90 Å². The van der Waals surface area contributed by atoms with Crippen LogP contribution in [0.25, 0.3) is 0 Å². The molecule has 2 rings (SSSR count). The average molecular weight is 285 g/mol. The van der Waals surface area contributed by atoms with Gasteiger partial charge in [0.15, 0.2) is 0 Å². The number of benzene rings is 2. The Morgan fingerprint density at radius 3 is 2.24 bits per heavy atom. The summed E-state index contributed by atoms with van der Waals surface area (Å²) in [4.78, 5) is 2.23. The summed E-state index contributed by atoms with van der Waals surface area (Å²) in [6, 6.07) is 20.4. The maximum absolute atomic E-state index is 9.27. The van der Waals surface area contributed by atoms with Gasteiger partial charge in [0.25, 0.3) is 0 Å². The fourth-order valence-corrected chi connectivity index (χ4v) is 2.24. The second kappa shape index (κ2) is 8.45. The molecule has 112 valence electrons. The van der Waals surface area contributed by atoms with Crippen molar-refractivity contribution < 1.29 is 9.84 Å². The highest BCUT2D eigenvalue weighted by atomic mass is 16.5. The molecule has 3 nitrogen and oxygen atoms in total. The van der Waals surface area contributed by atoms with Crippen molar-refractivity contribution in [2.75, 3.05) is 19.8 Å². The van der Waals surface area contributed by atoms with Gasteiger partial charge < -0.3 is 9.84 Å². The molecule has 2 aromatic rings. The molecular weight excluding hydrogens is 262 g/mol. The van der Waals surface area contributed by atoms with Crippen LogP contribution in [0.1, 0.15) is 12.5 Å². The molecule has 1 atom stereocenters. The van der Waals surface area contributed by atoms with Gasteiger partial charge in [-0.1, -0.05) is 48.5 Å². The summed E-state index contributed by atoms with van der Waals surface area (Å²) in [6.07, 6.45) is 0. The predicted molar refractivity (Wildman–Crippen MR) is 85.3 cm³/mol. The van der Waals surface area contributed by atoms with Crippen molar-refractivity contribution >= 4 is 0 Å². The van der Waals surface area contributed by atoms with Crippen molar-refractivity contribution in [3.63, 3.8) is 0 Å². The smallest absolute Gasteiger partial charge is 0.119 e. The Bertz CT molecular complexity index is 501. The molecule has 0 heterocycles. The molecule has 3 heteroatoms. The average Bonchev–Trinajstić information content (AvgIpc) is 2.54. The normalized spacial score (nSPS) is 12.3. The minimum absolute atomic E-state index is 0.155. The van der Waals surface area contributed by atoms with E-state index in [0.717, 1.165) is 12.3 Å². The largest absolute Gasteiger partial charge is 0.492 e. The maximum Gasteiger partial charge on any atom is 0.119 e. The lowest BCUT2D eigenvalue weighted by atomic mass is 10.2. The summed E-state index contributed by atoms with van der Waals surface area (Å²) in [6.45, 7) is 4.36. The highest BCUT2D eigenvalue weighted by molar-refractivity contribution is 5.21. The van der Waals surface area contributed by atoms with Crippen LogP contribution in [0.4, 0.5) is 0 Å². The molecule has 0 aliphatic rings. The van der Waals surface area contributed by atoms with Gasteiger partial charge in [-0.25, -0.2) is 0 Å². The van der Waals surface area contributed by atoms with E-state index in [1.54, 1.807) is 0 Å². The summed E-state index contributed by atoms with van der Waals surface area (Å²) >= 11 is 0. The van der Waals surface area contributed by atoms with E-state index < -0.39 is 0 Å².